The highest BCUT2D eigenvalue weighted by Crippen LogP contribution is 2.27. The second-order valence-electron chi connectivity index (χ2n) is 5.57. The molecule has 3 aromatic rings. The summed E-state index contributed by atoms with van der Waals surface area (Å²) in [6, 6.07) is 24.2. The molecule has 0 N–H and O–H groups in total. The van der Waals surface area contributed by atoms with E-state index in [0.717, 1.165) is 27.8 Å². The first-order valence-corrected chi connectivity index (χ1v) is 7.96. The Morgan fingerprint density at radius 1 is 1.00 bits per heavy atom. The number of nitrogens with zero attached hydrogens (tertiary/aromatic N) is 1. The number of nitriles is 1. The predicted molar refractivity (Wildman–Crippen MR) is 95.4 cm³/mol. The Hall–Kier alpha value is -2.99. The lowest BCUT2D eigenvalue weighted by atomic mass is 9.97. The summed E-state index contributed by atoms with van der Waals surface area (Å²) in [7, 11) is 1.63. The molecule has 3 aromatic carbocycles. The molecule has 0 heterocycles. The fraction of sp³-hybridized carbons (Fsp3) is 0.190. The Bertz CT molecular complexity index is 862. The molecule has 0 saturated carbocycles. The lowest BCUT2D eigenvalue weighted by Gasteiger charge is -2.13. The maximum Gasteiger partial charge on any atom is 0.127 e. The van der Waals surface area contributed by atoms with E-state index in [2.05, 4.69) is 24.3 Å². The maximum absolute atomic E-state index is 9.47. The number of rotatable bonds is 6. The van der Waals surface area contributed by atoms with Crippen molar-refractivity contribution in [2.45, 2.75) is 12.3 Å². The van der Waals surface area contributed by atoms with Gasteiger partial charge in [-0.05, 0) is 29.1 Å². The van der Waals surface area contributed by atoms with Crippen LogP contribution in [0.2, 0.25) is 0 Å². The van der Waals surface area contributed by atoms with Crippen molar-refractivity contribution in [3.8, 4) is 17.6 Å². The van der Waals surface area contributed by atoms with Crippen molar-refractivity contribution in [1.82, 2.24) is 0 Å². The summed E-state index contributed by atoms with van der Waals surface area (Å²) in [5, 5.41) is 11.7. The highest BCUT2D eigenvalue weighted by Gasteiger charge is 2.12. The molecule has 0 amide bonds. The largest absolute Gasteiger partial charge is 0.497 e. The number of hydrogen-bond donors (Lipinski definition) is 0. The smallest absolute Gasteiger partial charge is 0.127 e. The van der Waals surface area contributed by atoms with Crippen LogP contribution in [0.5, 0.6) is 11.5 Å². The second kappa shape index (κ2) is 7.52. The molecule has 0 aliphatic heterocycles. The molecular weight excluding hydrogens is 298 g/mol. The zero-order valence-electron chi connectivity index (χ0n) is 13.6. The first kappa shape index (κ1) is 15.9. The highest BCUT2D eigenvalue weighted by molar-refractivity contribution is 5.88. The van der Waals surface area contributed by atoms with Crippen LogP contribution >= 0.6 is 0 Å². The molecule has 1 atom stereocenters. The van der Waals surface area contributed by atoms with Crippen molar-refractivity contribution in [1.29, 1.82) is 5.26 Å². The summed E-state index contributed by atoms with van der Waals surface area (Å²) in [5.74, 6) is 1.41. The quantitative estimate of drug-likeness (QED) is 0.647. The maximum atomic E-state index is 9.47. The van der Waals surface area contributed by atoms with Gasteiger partial charge in [0, 0.05) is 11.8 Å². The summed E-state index contributed by atoms with van der Waals surface area (Å²) in [5.41, 5.74) is 0.957. The van der Waals surface area contributed by atoms with E-state index in [0.29, 0.717) is 13.0 Å². The van der Waals surface area contributed by atoms with Gasteiger partial charge in [-0.2, -0.15) is 5.26 Å². The molecule has 24 heavy (non-hydrogen) atoms. The Balaban J connectivity index is 1.69. The number of ether oxygens (including phenoxy) is 2. The van der Waals surface area contributed by atoms with Crippen LogP contribution in [0.25, 0.3) is 10.8 Å². The average Bonchev–Trinajstić information content (AvgIpc) is 2.65. The molecule has 3 rings (SSSR count). The number of fused-ring (bicyclic) bond motifs is 1. The van der Waals surface area contributed by atoms with Gasteiger partial charge in [-0.3, -0.25) is 0 Å². The van der Waals surface area contributed by atoms with Crippen LogP contribution in [0.1, 0.15) is 17.9 Å². The molecule has 0 fully saturated rings. The minimum atomic E-state index is -0.213. The third-order valence-corrected chi connectivity index (χ3v) is 4.07. The average molecular weight is 317 g/mol. The number of hydrogen-bond acceptors (Lipinski definition) is 3. The van der Waals surface area contributed by atoms with Crippen LogP contribution in [0.4, 0.5) is 0 Å². The first-order chi connectivity index (χ1) is 11.8. The molecule has 120 valence electrons. The normalized spacial score (nSPS) is 11.7. The van der Waals surface area contributed by atoms with Crippen LogP contribution in [0.15, 0.2) is 66.7 Å². The fourth-order valence-corrected chi connectivity index (χ4v) is 2.77. The topological polar surface area (TPSA) is 42.2 Å². The van der Waals surface area contributed by atoms with Crippen LogP contribution in [0, 0.1) is 11.3 Å². The third kappa shape index (κ3) is 3.49. The Morgan fingerprint density at radius 2 is 1.79 bits per heavy atom. The molecule has 1 unspecified atom stereocenters. The Morgan fingerprint density at radius 3 is 2.62 bits per heavy atom. The molecule has 0 spiro atoms. The lowest BCUT2D eigenvalue weighted by Crippen LogP contribution is -2.05. The Labute approximate surface area is 142 Å². The zero-order chi connectivity index (χ0) is 16.8. The van der Waals surface area contributed by atoms with Gasteiger partial charge in [0.25, 0.3) is 0 Å². The summed E-state index contributed by atoms with van der Waals surface area (Å²) in [4.78, 5) is 0. The third-order valence-electron chi connectivity index (χ3n) is 4.07. The van der Waals surface area contributed by atoms with E-state index >= 15 is 0 Å². The highest BCUT2D eigenvalue weighted by atomic mass is 16.5. The molecule has 0 radical (unpaired) electrons. The van der Waals surface area contributed by atoms with E-state index in [4.69, 9.17) is 9.47 Å². The van der Waals surface area contributed by atoms with Crippen molar-refractivity contribution in [3.63, 3.8) is 0 Å². The van der Waals surface area contributed by atoms with Crippen LogP contribution in [-0.2, 0) is 0 Å². The molecule has 0 bridgehead atoms. The SMILES string of the molecule is COc1cccc(C(C#N)CCOc2cccc3ccccc23)c1. The Kier molecular flexibility index (Phi) is 4.98. The van der Waals surface area contributed by atoms with Crippen LogP contribution in [-0.4, -0.2) is 13.7 Å². The van der Waals surface area contributed by atoms with E-state index in [1.807, 2.05) is 48.5 Å². The van der Waals surface area contributed by atoms with E-state index < -0.39 is 0 Å². The van der Waals surface area contributed by atoms with Crippen molar-refractivity contribution in [2.75, 3.05) is 13.7 Å². The standard InChI is InChI=1S/C21H19NO2/c1-23-19-9-4-8-17(14-19)18(15-22)12-13-24-21-11-5-7-16-6-2-3-10-20(16)21/h2-11,14,18H,12-13H2,1H3. The van der Waals surface area contributed by atoms with Gasteiger partial charge in [-0.15, -0.1) is 0 Å². The summed E-state index contributed by atoms with van der Waals surface area (Å²) in [6.45, 7) is 0.490. The van der Waals surface area contributed by atoms with Crippen molar-refractivity contribution in [3.05, 3.63) is 72.3 Å². The molecule has 0 aliphatic rings. The zero-order valence-corrected chi connectivity index (χ0v) is 13.6. The van der Waals surface area contributed by atoms with Gasteiger partial charge in [0.1, 0.15) is 11.5 Å². The number of methoxy groups -OCH3 is 1. The van der Waals surface area contributed by atoms with Gasteiger partial charge in [0.2, 0.25) is 0 Å². The summed E-state index contributed by atoms with van der Waals surface area (Å²) >= 11 is 0. The van der Waals surface area contributed by atoms with Gasteiger partial charge in [-0.1, -0.05) is 48.5 Å². The minimum absolute atomic E-state index is 0.213. The van der Waals surface area contributed by atoms with Crippen molar-refractivity contribution < 1.29 is 9.47 Å². The number of benzene rings is 3. The van der Waals surface area contributed by atoms with Gasteiger partial charge in [-0.25, -0.2) is 0 Å². The van der Waals surface area contributed by atoms with E-state index in [1.54, 1.807) is 7.11 Å². The second-order valence-corrected chi connectivity index (χ2v) is 5.57. The molecule has 0 saturated heterocycles. The monoisotopic (exact) mass is 317 g/mol. The minimum Gasteiger partial charge on any atom is -0.497 e. The van der Waals surface area contributed by atoms with Crippen molar-refractivity contribution >= 4 is 10.8 Å². The van der Waals surface area contributed by atoms with Crippen molar-refractivity contribution in [2.24, 2.45) is 0 Å². The fourth-order valence-electron chi connectivity index (χ4n) is 2.77. The van der Waals surface area contributed by atoms with Gasteiger partial charge in [0.15, 0.2) is 0 Å². The summed E-state index contributed by atoms with van der Waals surface area (Å²) in [6.07, 6.45) is 0.632. The van der Waals surface area contributed by atoms with Gasteiger partial charge < -0.3 is 9.47 Å². The van der Waals surface area contributed by atoms with Gasteiger partial charge in [0.05, 0.1) is 25.7 Å². The predicted octanol–water partition coefficient (Wildman–Crippen LogP) is 4.92. The summed E-state index contributed by atoms with van der Waals surface area (Å²) < 4.78 is 11.2. The van der Waals surface area contributed by atoms with Crippen LogP contribution < -0.4 is 9.47 Å². The van der Waals surface area contributed by atoms with E-state index in [1.165, 1.54) is 0 Å². The van der Waals surface area contributed by atoms with E-state index in [9.17, 15) is 5.26 Å². The lowest BCUT2D eigenvalue weighted by molar-refractivity contribution is 0.309. The molecular formula is C21H19NO2. The molecule has 3 nitrogen and oxygen atoms in total. The molecule has 0 aliphatic carbocycles. The van der Waals surface area contributed by atoms with E-state index in [-0.39, 0.29) is 5.92 Å². The van der Waals surface area contributed by atoms with Gasteiger partial charge >= 0.3 is 0 Å². The molecule has 3 heteroatoms. The van der Waals surface area contributed by atoms with Crippen LogP contribution in [0.3, 0.4) is 0 Å². The molecule has 0 aromatic heterocycles. The first-order valence-electron chi connectivity index (χ1n) is 7.96.